The fourth-order valence-corrected chi connectivity index (χ4v) is 7.49. The molecule has 0 spiro atoms. The Hall–Kier alpha value is -2.65. The second-order valence-corrected chi connectivity index (χ2v) is 26.8. The van der Waals surface area contributed by atoms with Crippen molar-refractivity contribution in [1.82, 2.24) is 19.3 Å². The number of fused-ring (bicyclic) bond motifs is 2. The van der Waals surface area contributed by atoms with Gasteiger partial charge in [-0.25, -0.2) is 14.1 Å². The zero-order valence-electron chi connectivity index (χ0n) is 27.7. The molecule has 0 fully saturated rings. The first-order valence-electron chi connectivity index (χ1n) is 15.6. The number of benzene rings is 2. The lowest BCUT2D eigenvalue weighted by Gasteiger charge is -2.28. The fraction of sp³-hybridized carbons (Fsp3) is 0.485. The Balaban J connectivity index is 1.51. The molecule has 1 atom stereocenters. The average Bonchev–Trinajstić information content (AvgIpc) is 3.59. The molecular formula is C33H45BrFN5O3Si2. The fourth-order valence-electron chi connectivity index (χ4n) is 5.64. The molecule has 0 saturated heterocycles. The number of halogens is 2. The number of carbonyl (C=O) groups is 1. The molecule has 1 amide bonds. The van der Waals surface area contributed by atoms with E-state index in [0.29, 0.717) is 41.4 Å². The van der Waals surface area contributed by atoms with Crippen molar-refractivity contribution >= 4 is 54.7 Å². The third kappa shape index (κ3) is 7.51. The van der Waals surface area contributed by atoms with E-state index in [4.69, 9.17) is 14.6 Å². The minimum absolute atomic E-state index is 0.0229. The first kappa shape index (κ1) is 33.7. The van der Waals surface area contributed by atoms with E-state index in [9.17, 15) is 4.79 Å². The number of carbonyl (C=O) groups excluding carboxylic acids is 1. The highest BCUT2D eigenvalue weighted by atomic mass is 79.9. The predicted octanol–water partition coefficient (Wildman–Crippen LogP) is 8.63. The summed E-state index contributed by atoms with van der Waals surface area (Å²) >= 11 is 3.39. The van der Waals surface area contributed by atoms with Crippen molar-refractivity contribution in [3.8, 4) is 0 Å². The normalized spacial score (nSPS) is 15.6. The molecule has 4 aromatic rings. The van der Waals surface area contributed by atoms with Gasteiger partial charge in [-0.1, -0.05) is 75.1 Å². The van der Waals surface area contributed by atoms with E-state index >= 15 is 4.39 Å². The van der Waals surface area contributed by atoms with E-state index in [0.717, 1.165) is 34.4 Å². The molecular weight excluding hydrogens is 669 g/mol. The summed E-state index contributed by atoms with van der Waals surface area (Å²) in [5.41, 5.74) is 4.63. The van der Waals surface area contributed by atoms with Gasteiger partial charge in [0.05, 0.1) is 29.1 Å². The van der Waals surface area contributed by atoms with Crippen LogP contribution in [0.15, 0.2) is 47.2 Å². The van der Waals surface area contributed by atoms with Crippen LogP contribution in [0.1, 0.15) is 53.1 Å². The van der Waals surface area contributed by atoms with Crippen LogP contribution in [0.5, 0.6) is 0 Å². The van der Waals surface area contributed by atoms with Crippen LogP contribution in [0.2, 0.25) is 51.4 Å². The highest BCUT2D eigenvalue weighted by molar-refractivity contribution is 9.10. The van der Waals surface area contributed by atoms with E-state index in [-0.39, 0.29) is 18.6 Å². The first-order valence-corrected chi connectivity index (χ1v) is 23.8. The molecule has 0 aliphatic carbocycles. The summed E-state index contributed by atoms with van der Waals surface area (Å²) in [5.74, 6) is -0.641. The third-order valence-electron chi connectivity index (χ3n) is 8.11. The molecule has 1 unspecified atom stereocenters. The van der Waals surface area contributed by atoms with Gasteiger partial charge in [-0.05, 0) is 48.3 Å². The number of imidazole rings is 1. The van der Waals surface area contributed by atoms with Crippen molar-refractivity contribution in [2.24, 2.45) is 0 Å². The monoisotopic (exact) mass is 713 g/mol. The number of amides is 1. The van der Waals surface area contributed by atoms with Crippen molar-refractivity contribution < 1.29 is 18.7 Å². The zero-order chi connectivity index (χ0) is 32.7. The summed E-state index contributed by atoms with van der Waals surface area (Å²) in [7, 11) is -2.45. The quantitative estimate of drug-likeness (QED) is 0.102. The lowest BCUT2D eigenvalue weighted by atomic mass is 9.94. The summed E-state index contributed by atoms with van der Waals surface area (Å²) in [4.78, 5) is 20.5. The molecule has 242 valence electrons. The van der Waals surface area contributed by atoms with E-state index in [2.05, 4.69) is 74.0 Å². The summed E-state index contributed by atoms with van der Waals surface area (Å²) in [6.45, 7) is 20.1. The Morgan fingerprint density at radius 1 is 0.956 bits per heavy atom. The molecule has 3 heterocycles. The Kier molecular flexibility index (Phi) is 9.91. The van der Waals surface area contributed by atoms with Crippen LogP contribution in [0.25, 0.3) is 11.0 Å². The summed E-state index contributed by atoms with van der Waals surface area (Å²) in [6.07, 6.45) is 1.76. The van der Waals surface area contributed by atoms with Crippen molar-refractivity contribution in [1.29, 1.82) is 0 Å². The van der Waals surface area contributed by atoms with Crippen LogP contribution in [0, 0.1) is 5.82 Å². The SMILES string of the molecule is CC(C)c1c2c(nn1COCC[Si](C)(C)C)C(=O)N(c1ccc3c(c1)ncn3COCC[Si](C)(C)C)C2c1ccc(Br)cc1F. The van der Waals surface area contributed by atoms with Crippen LogP contribution in [0.4, 0.5) is 10.1 Å². The highest BCUT2D eigenvalue weighted by Gasteiger charge is 2.45. The molecule has 5 rings (SSSR count). The number of nitrogens with zero attached hydrogens (tertiary/aromatic N) is 5. The van der Waals surface area contributed by atoms with E-state index in [1.807, 2.05) is 28.8 Å². The number of ether oxygens (including phenoxy) is 2. The molecule has 12 heteroatoms. The van der Waals surface area contributed by atoms with E-state index in [1.54, 1.807) is 22.0 Å². The molecule has 2 aromatic carbocycles. The average molecular weight is 715 g/mol. The van der Waals surface area contributed by atoms with Crippen LogP contribution in [-0.2, 0) is 22.9 Å². The van der Waals surface area contributed by atoms with Gasteiger partial charge in [0.1, 0.15) is 19.3 Å². The third-order valence-corrected chi connectivity index (χ3v) is 12.0. The van der Waals surface area contributed by atoms with Crippen molar-refractivity contribution in [3.05, 3.63) is 75.5 Å². The lowest BCUT2D eigenvalue weighted by molar-refractivity contribution is 0.0749. The molecule has 0 bridgehead atoms. The van der Waals surface area contributed by atoms with Gasteiger partial charge in [0, 0.05) is 50.6 Å². The van der Waals surface area contributed by atoms with Gasteiger partial charge in [0.2, 0.25) is 0 Å². The second-order valence-electron chi connectivity index (χ2n) is 14.6. The topological polar surface area (TPSA) is 74.4 Å². The van der Waals surface area contributed by atoms with E-state index < -0.39 is 28.0 Å². The minimum Gasteiger partial charge on any atom is -0.361 e. The van der Waals surface area contributed by atoms with Crippen molar-refractivity contribution in [3.63, 3.8) is 0 Å². The van der Waals surface area contributed by atoms with Gasteiger partial charge in [-0.15, -0.1) is 0 Å². The van der Waals surface area contributed by atoms with Gasteiger partial charge in [0.25, 0.3) is 5.91 Å². The highest BCUT2D eigenvalue weighted by Crippen LogP contribution is 2.46. The first-order chi connectivity index (χ1) is 21.1. The minimum atomic E-state index is -1.26. The van der Waals surface area contributed by atoms with Gasteiger partial charge in [-0.2, -0.15) is 5.10 Å². The van der Waals surface area contributed by atoms with Crippen LogP contribution >= 0.6 is 15.9 Å². The number of anilines is 1. The van der Waals surface area contributed by atoms with Crippen molar-refractivity contribution in [2.75, 3.05) is 18.1 Å². The number of hydrogen-bond acceptors (Lipinski definition) is 5. The number of rotatable bonds is 13. The number of aromatic nitrogens is 4. The predicted molar refractivity (Wildman–Crippen MR) is 187 cm³/mol. The maximum Gasteiger partial charge on any atom is 0.280 e. The molecule has 0 radical (unpaired) electrons. The van der Waals surface area contributed by atoms with Gasteiger partial charge in [0.15, 0.2) is 5.69 Å². The Bertz CT molecular complexity index is 1690. The molecule has 45 heavy (non-hydrogen) atoms. The molecule has 0 saturated carbocycles. The lowest BCUT2D eigenvalue weighted by Crippen LogP contribution is -2.31. The molecule has 0 N–H and O–H groups in total. The smallest absolute Gasteiger partial charge is 0.280 e. The Morgan fingerprint density at radius 3 is 2.24 bits per heavy atom. The molecule has 1 aliphatic heterocycles. The summed E-state index contributed by atoms with van der Waals surface area (Å²) in [6, 6.07) is 12.2. The van der Waals surface area contributed by atoms with Gasteiger partial charge in [-0.3, -0.25) is 9.69 Å². The van der Waals surface area contributed by atoms with E-state index in [1.165, 1.54) is 6.07 Å². The Labute approximate surface area is 276 Å². The molecule has 2 aromatic heterocycles. The maximum atomic E-state index is 15.7. The maximum absolute atomic E-state index is 15.7. The van der Waals surface area contributed by atoms with Crippen LogP contribution in [-0.4, -0.2) is 54.6 Å². The van der Waals surface area contributed by atoms with Crippen LogP contribution < -0.4 is 4.90 Å². The van der Waals surface area contributed by atoms with Crippen LogP contribution in [0.3, 0.4) is 0 Å². The summed E-state index contributed by atoms with van der Waals surface area (Å²) < 4.78 is 32.2. The van der Waals surface area contributed by atoms with Gasteiger partial charge >= 0.3 is 0 Å². The standard InChI is InChI=1S/C33H45BrFN5O3Si2/c1-22(2)31-29-30(37-39(31)21-43-14-16-45(6,7)8)33(41)40(32(29)25-11-9-23(34)17-26(25)35)24-10-12-28-27(18-24)36-19-38(28)20-42-13-15-44(3,4)5/h9-12,17-19,22,32H,13-16,20-21H2,1-8H3. The molecule has 8 nitrogen and oxygen atoms in total. The zero-order valence-corrected chi connectivity index (χ0v) is 31.2. The molecule has 1 aliphatic rings. The summed E-state index contributed by atoms with van der Waals surface area (Å²) in [5, 5.41) is 4.80. The van der Waals surface area contributed by atoms with Crippen molar-refractivity contribution in [2.45, 2.75) is 90.6 Å². The second kappa shape index (κ2) is 13.2. The largest absolute Gasteiger partial charge is 0.361 e. The number of hydrogen-bond donors (Lipinski definition) is 0. The van der Waals surface area contributed by atoms with Gasteiger partial charge < -0.3 is 14.0 Å². The Morgan fingerprint density at radius 2 is 1.62 bits per heavy atom.